The fraction of sp³-hybridized carbons (Fsp3) is 0.750. The highest BCUT2D eigenvalue weighted by atomic mass is 32.2. The zero-order valence-electron chi connectivity index (χ0n) is 11.8. The van der Waals surface area contributed by atoms with Gasteiger partial charge in [0, 0.05) is 13.6 Å². The van der Waals surface area contributed by atoms with Crippen LogP contribution >= 0.6 is 0 Å². The van der Waals surface area contributed by atoms with Gasteiger partial charge < -0.3 is 15.4 Å². The average molecular weight is 302 g/mol. The molecule has 1 aromatic heterocycles. The number of sulfonamides is 1. The molecule has 8 heteroatoms. The van der Waals surface area contributed by atoms with Crippen LogP contribution in [0.4, 0.5) is 5.82 Å². The van der Waals surface area contributed by atoms with Gasteiger partial charge in [-0.25, -0.2) is 18.1 Å². The minimum absolute atomic E-state index is 0.00662. The number of nitrogens with two attached hydrogens (primary N) is 1. The van der Waals surface area contributed by atoms with Crippen LogP contribution in [0.2, 0.25) is 0 Å². The molecule has 2 rings (SSSR count). The Morgan fingerprint density at radius 2 is 2.15 bits per heavy atom. The standard InChI is InChI=1S/C12H22N4O3S/c1-9-3-5-12(17,6-4-9)7-15-20(18,19)11-10(13)14-8-16(11)2/h8-9,15,17H,3-7,13H2,1-2H3. The summed E-state index contributed by atoms with van der Waals surface area (Å²) in [6.07, 6.45) is 4.38. The Bertz CT molecular complexity index is 554. The van der Waals surface area contributed by atoms with E-state index in [4.69, 9.17) is 5.73 Å². The lowest BCUT2D eigenvalue weighted by Gasteiger charge is -2.34. The molecule has 0 unspecified atom stereocenters. The SMILES string of the molecule is CC1CCC(O)(CNS(=O)(=O)c2c(N)ncn2C)CC1. The first kappa shape index (κ1) is 15.3. The third-order valence-corrected chi connectivity index (χ3v) is 5.49. The summed E-state index contributed by atoms with van der Waals surface area (Å²) in [5.74, 6) is 0.545. The summed E-state index contributed by atoms with van der Waals surface area (Å²) < 4.78 is 28.2. The molecule has 7 nitrogen and oxygen atoms in total. The second-order valence-electron chi connectivity index (χ2n) is 5.78. The van der Waals surface area contributed by atoms with Gasteiger partial charge in [0.2, 0.25) is 0 Å². The van der Waals surface area contributed by atoms with Crippen molar-refractivity contribution in [2.45, 2.75) is 43.2 Å². The topological polar surface area (TPSA) is 110 Å². The van der Waals surface area contributed by atoms with Crippen LogP contribution in [-0.2, 0) is 17.1 Å². The van der Waals surface area contributed by atoms with Gasteiger partial charge in [-0.15, -0.1) is 0 Å². The van der Waals surface area contributed by atoms with Gasteiger partial charge in [0.15, 0.2) is 10.8 Å². The van der Waals surface area contributed by atoms with E-state index in [2.05, 4.69) is 16.6 Å². The van der Waals surface area contributed by atoms with E-state index in [1.807, 2.05) is 0 Å². The van der Waals surface area contributed by atoms with E-state index in [0.29, 0.717) is 18.8 Å². The second kappa shape index (κ2) is 5.34. The minimum Gasteiger partial charge on any atom is -0.389 e. The average Bonchev–Trinajstić information content (AvgIpc) is 2.72. The highest BCUT2D eigenvalue weighted by Gasteiger charge is 2.34. The number of rotatable bonds is 4. The Labute approximate surface area is 119 Å². The van der Waals surface area contributed by atoms with E-state index < -0.39 is 15.6 Å². The van der Waals surface area contributed by atoms with Crippen molar-refractivity contribution in [2.75, 3.05) is 12.3 Å². The van der Waals surface area contributed by atoms with Gasteiger partial charge in [-0.2, -0.15) is 0 Å². The lowest BCUT2D eigenvalue weighted by atomic mass is 9.80. The molecule has 1 fully saturated rings. The van der Waals surface area contributed by atoms with Crippen LogP contribution in [0.25, 0.3) is 0 Å². The maximum atomic E-state index is 12.2. The molecule has 1 aromatic rings. The number of nitrogen functional groups attached to an aromatic ring is 1. The van der Waals surface area contributed by atoms with E-state index in [9.17, 15) is 13.5 Å². The van der Waals surface area contributed by atoms with Crippen molar-refractivity contribution in [1.82, 2.24) is 14.3 Å². The molecule has 0 saturated heterocycles. The van der Waals surface area contributed by atoms with Gasteiger partial charge in [-0.05, 0) is 31.6 Å². The number of aromatic nitrogens is 2. The lowest BCUT2D eigenvalue weighted by Crippen LogP contribution is -2.45. The van der Waals surface area contributed by atoms with E-state index >= 15 is 0 Å². The molecule has 0 atom stereocenters. The number of imidazole rings is 1. The van der Waals surface area contributed by atoms with Crippen LogP contribution in [0.3, 0.4) is 0 Å². The molecule has 4 N–H and O–H groups in total. The van der Waals surface area contributed by atoms with E-state index in [1.165, 1.54) is 10.9 Å². The van der Waals surface area contributed by atoms with Crippen LogP contribution in [0, 0.1) is 5.92 Å². The molecule has 0 bridgehead atoms. The third kappa shape index (κ3) is 3.13. The van der Waals surface area contributed by atoms with E-state index in [0.717, 1.165) is 12.8 Å². The number of anilines is 1. The van der Waals surface area contributed by atoms with E-state index in [-0.39, 0.29) is 17.4 Å². The summed E-state index contributed by atoms with van der Waals surface area (Å²) in [6, 6.07) is 0. The largest absolute Gasteiger partial charge is 0.389 e. The molecule has 0 amide bonds. The predicted octanol–water partition coefficient (Wildman–Crippen LogP) is 0.222. The smallest absolute Gasteiger partial charge is 0.260 e. The zero-order valence-corrected chi connectivity index (χ0v) is 12.7. The molecule has 0 radical (unpaired) electrons. The molecular weight excluding hydrogens is 280 g/mol. The van der Waals surface area contributed by atoms with Crippen molar-refractivity contribution in [3.8, 4) is 0 Å². The Kier molecular flexibility index (Phi) is 4.08. The number of aryl methyl sites for hydroxylation is 1. The first-order valence-corrected chi connectivity index (χ1v) is 8.21. The molecular formula is C12H22N4O3S. The predicted molar refractivity (Wildman–Crippen MR) is 75.4 cm³/mol. The van der Waals surface area contributed by atoms with Crippen molar-refractivity contribution < 1.29 is 13.5 Å². The van der Waals surface area contributed by atoms with Crippen molar-refractivity contribution in [3.63, 3.8) is 0 Å². The van der Waals surface area contributed by atoms with Crippen LogP contribution in [0.1, 0.15) is 32.6 Å². The Morgan fingerprint density at radius 1 is 1.55 bits per heavy atom. The van der Waals surface area contributed by atoms with Gasteiger partial charge >= 0.3 is 0 Å². The van der Waals surface area contributed by atoms with E-state index in [1.54, 1.807) is 7.05 Å². The first-order chi connectivity index (χ1) is 9.23. The number of nitrogens with zero attached hydrogens (tertiary/aromatic N) is 2. The lowest BCUT2D eigenvalue weighted by molar-refractivity contribution is -0.00184. The summed E-state index contributed by atoms with van der Waals surface area (Å²) >= 11 is 0. The normalized spacial score (nSPS) is 27.6. The van der Waals surface area contributed by atoms with Gasteiger partial charge in [0.05, 0.1) is 11.9 Å². The maximum absolute atomic E-state index is 12.2. The van der Waals surface area contributed by atoms with Gasteiger partial charge in [-0.3, -0.25) is 0 Å². The molecule has 1 heterocycles. The van der Waals surface area contributed by atoms with Crippen LogP contribution in [0.15, 0.2) is 11.4 Å². The number of nitrogens with one attached hydrogen (secondary N) is 1. The van der Waals surface area contributed by atoms with Gasteiger partial charge in [0.25, 0.3) is 10.0 Å². The summed E-state index contributed by atoms with van der Waals surface area (Å²) in [6.45, 7) is 2.15. The quantitative estimate of drug-likeness (QED) is 0.737. The van der Waals surface area contributed by atoms with Crippen molar-refractivity contribution >= 4 is 15.8 Å². The van der Waals surface area contributed by atoms with Crippen LogP contribution in [0.5, 0.6) is 0 Å². The molecule has 1 saturated carbocycles. The first-order valence-electron chi connectivity index (χ1n) is 6.72. The molecule has 1 aliphatic rings. The molecule has 0 spiro atoms. The summed E-state index contributed by atoms with van der Waals surface area (Å²) in [7, 11) is -2.20. The van der Waals surface area contributed by atoms with Gasteiger partial charge in [0.1, 0.15) is 0 Å². The molecule has 114 valence electrons. The van der Waals surface area contributed by atoms with Crippen LogP contribution in [-0.4, -0.2) is 35.2 Å². The monoisotopic (exact) mass is 302 g/mol. The maximum Gasteiger partial charge on any atom is 0.260 e. The highest BCUT2D eigenvalue weighted by Crippen LogP contribution is 2.31. The summed E-state index contributed by atoms with van der Waals surface area (Å²) in [5, 5.41) is 10.3. The Hall–Kier alpha value is -1.12. The number of aliphatic hydroxyl groups is 1. The molecule has 0 aromatic carbocycles. The van der Waals surface area contributed by atoms with Crippen molar-refractivity contribution in [3.05, 3.63) is 6.33 Å². The number of hydrogen-bond donors (Lipinski definition) is 3. The molecule has 1 aliphatic carbocycles. The third-order valence-electron chi connectivity index (χ3n) is 3.96. The van der Waals surface area contributed by atoms with Crippen LogP contribution < -0.4 is 10.5 Å². The highest BCUT2D eigenvalue weighted by molar-refractivity contribution is 7.89. The Balaban J connectivity index is 2.07. The zero-order chi connectivity index (χ0) is 15.0. The summed E-state index contributed by atoms with van der Waals surface area (Å²) in [4.78, 5) is 3.76. The number of hydrogen-bond acceptors (Lipinski definition) is 5. The molecule has 0 aliphatic heterocycles. The Morgan fingerprint density at radius 3 is 2.65 bits per heavy atom. The van der Waals surface area contributed by atoms with Gasteiger partial charge in [-0.1, -0.05) is 6.92 Å². The second-order valence-corrected chi connectivity index (χ2v) is 7.46. The summed E-state index contributed by atoms with van der Waals surface area (Å²) in [5.41, 5.74) is 4.61. The van der Waals surface area contributed by atoms with Crippen molar-refractivity contribution in [2.24, 2.45) is 13.0 Å². The molecule has 20 heavy (non-hydrogen) atoms. The fourth-order valence-electron chi connectivity index (χ4n) is 2.54. The van der Waals surface area contributed by atoms with Crippen molar-refractivity contribution in [1.29, 1.82) is 0 Å². The fourth-order valence-corrected chi connectivity index (χ4v) is 3.89. The minimum atomic E-state index is -3.76.